The fourth-order valence-electron chi connectivity index (χ4n) is 2.07. The summed E-state index contributed by atoms with van der Waals surface area (Å²) in [4.78, 5) is 19.1. The van der Waals surface area contributed by atoms with Crippen molar-refractivity contribution in [3.8, 4) is 10.7 Å². The van der Waals surface area contributed by atoms with Crippen LogP contribution < -0.4 is 5.73 Å². The number of nitrogens with two attached hydrogens (primary N) is 1. The average Bonchev–Trinajstić information content (AvgIpc) is 3.20. The summed E-state index contributed by atoms with van der Waals surface area (Å²) in [7, 11) is 1.81. The van der Waals surface area contributed by atoms with Crippen LogP contribution in [0.15, 0.2) is 22.0 Å². The fourth-order valence-corrected chi connectivity index (χ4v) is 2.72. The number of aryl methyl sites for hydroxylation is 1. The zero-order valence-corrected chi connectivity index (χ0v) is 14.7. The third kappa shape index (κ3) is 5.14. The van der Waals surface area contributed by atoms with Gasteiger partial charge in [0.25, 0.3) is 0 Å². The number of amides is 1. The number of thiophene rings is 1. The molecule has 0 aliphatic carbocycles. The third-order valence-corrected chi connectivity index (χ3v) is 4.71. The summed E-state index contributed by atoms with van der Waals surface area (Å²) in [5, 5.41) is 5.91. The van der Waals surface area contributed by atoms with Crippen molar-refractivity contribution in [1.82, 2.24) is 15.0 Å². The highest BCUT2D eigenvalue weighted by Crippen LogP contribution is 2.21. The molecule has 2 rings (SSSR count). The first kappa shape index (κ1) is 17.6. The maximum Gasteiger partial charge on any atom is 0.227 e. The van der Waals surface area contributed by atoms with Gasteiger partial charge in [-0.3, -0.25) is 4.79 Å². The van der Waals surface area contributed by atoms with E-state index in [1.54, 1.807) is 23.3 Å². The van der Waals surface area contributed by atoms with Gasteiger partial charge in [-0.15, -0.1) is 11.3 Å². The maximum atomic E-state index is 12.1. The van der Waals surface area contributed by atoms with Gasteiger partial charge in [0.05, 0.1) is 4.88 Å². The zero-order valence-electron chi connectivity index (χ0n) is 13.9. The van der Waals surface area contributed by atoms with E-state index in [9.17, 15) is 4.79 Å². The Kier molecular flexibility index (Phi) is 6.29. The smallest absolute Gasteiger partial charge is 0.227 e. The molecule has 0 saturated heterocycles. The lowest BCUT2D eigenvalue weighted by Gasteiger charge is -2.21. The number of aromatic nitrogens is 2. The topological polar surface area (TPSA) is 85.2 Å². The minimum Gasteiger partial charge on any atom is -0.346 e. The molecule has 0 spiro atoms. The highest BCUT2D eigenvalue weighted by Gasteiger charge is 2.15. The van der Waals surface area contributed by atoms with Crippen LogP contribution in [0.1, 0.15) is 32.6 Å². The highest BCUT2D eigenvalue weighted by atomic mass is 32.1. The number of carbonyl (C=O) groups excluding carboxylic acids is 1. The molecule has 0 radical (unpaired) electrons. The second-order valence-corrected chi connectivity index (χ2v) is 6.95. The summed E-state index contributed by atoms with van der Waals surface area (Å²) < 4.78 is 5.20. The molecule has 0 fully saturated rings. The SMILES string of the molecule is CC(C)C(N)CCN(C)C(=O)CCc1nc(-c2cccs2)no1. The fraction of sp³-hybridized carbons (Fsp3) is 0.562. The lowest BCUT2D eigenvalue weighted by molar-refractivity contribution is -0.130. The molecule has 1 unspecified atom stereocenters. The summed E-state index contributed by atoms with van der Waals surface area (Å²) in [5.41, 5.74) is 6.01. The summed E-state index contributed by atoms with van der Waals surface area (Å²) in [6, 6.07) is 4.00. The molecule has 0 aromatic carbocycles. The van der Waals surface area contributed by atoms with Crippen molar-refractivity contribution in [2.24, 2.45) is 11.7 Å². The second kappa shape index (κ2) is 8.21. The van der Waals surface area contributed by atoms with Crippen LogP contribution in [-0.4, -0.2) is 40.6 Å². The van der Waals surface area contributed by atoms with Crippen molar-refractivity contribution in [2.75, 3.05) is 13.6 Å². The predicted octanol–water partition coefficient (Wildman–Crippen LogP) is 2.56. The monoisotopic (exact) mass is 336 g/mol. The Morgan fingerprint density at radius 1 is 1.48 bits per heavy atom. The van der Waals surface area contributed by atoms with Crippen molar-refractivity contribution >= 4 is 17.2 Å². The molecule has 6 nitrogen and oxygen atoms in total. The van der Waals surface area contributed by atoms with E-state index in [1.807, 2.05) is 17.5 Å². The lowest BCUT2D eigenvalue weighted by atomic mass is 10.0. The molecule has 2 aromatic rings. The van der Waals surface area contributed by atoms with E-state index in [1.165, 1.54) is 0 Å². The Hall–Kier alpha value is -1.73. The summed E-state index contributed by atoms with van der Waals surface area (Å²) in [6.07, 6.45) is 1.63. The van der Waals surface area contributed by atoms with Crippen LogP contribution in [0.5, 0.6) is 0 Å². The van der Waals surface area contributed by atoms with Crippen LogP contribution in [0.4, 0.5) is 0 Å². The Balaban J connectivity index is 1.78. The van der Waals surface area contributed by atoms with Crippen LogP contribution in [0.3, 0.4) is 0 Å². The molecule has 2 aromatic heterocycles. The van der Waals surface area contributed by atoms with Gasteiger partial charge in [-0.05, 0) is 23.8 Å². The molecule has 0 bridgehead atoms. The van der Waals surface area contributed by atoms with E-state index in [4.69, 9.17) is 10.3 Å². The molecule has 0 aliphatic rings. The first-order chi connectivity index (χ1) is 11.0. The van der Waals surface area contributed by atoms with Gasteiger partial charge in [0.1, 0.15) is 0 Å². The Bertz CT molecular complexity index is 609. The number of hydrogen-bond acceptors (Lipinski definition) is 6. The van der Waals surface area contributed by atoms with Gasteiger partial charge < -0.3 is 15.2 Å². The van der Waals surface area contributed by atoms with Gasteiger partial charge in [-0.2, -0.15) is 4.98 Å². The van der Waals surface area contributed by atoms with Gasteiger partial charge >= 0.3 is 0 Å². The molecule has 7 heteroatoms. The lowest BCUT2D eigenvalue weighted by Crippen LogP contribution is -2.34. The average molecular weight is 336 g/mol. The zero-order chi connectivity index (χ0) is 16.8. The standard InChI is InChI=1S/C16H24N4O2S/c1-11(2)12(17)8-9-20(3)15(21)7-6-14-18-16(19-22-14)13-5-4-10-23-13/h4-5,10-12H,6-9,17H2,1-3H3. The van der Waals surface area contributed by atoms with Crippen LogP contribution >= 0.6 is 11.3 Å². The third-order valence-electron chi connectivity index (χ3n) is 3.84. The van der Waals surface area contributed by atoms with E-state index in [0.717, 1.165) is 11.3 Å². The van der Waals surface area contributed by atoms with Gasteiger partial charge in [-0.1, -0.05) is 25.1 Å². The number of hydrogen-bond donors (Lipinski definition) is 1. The van der Waals surface area contributed by atoms with Crippen LogP contribution in [-0.2, 0) is 11.2 Å². The van der Waals surface area contributed by atoms with Gasteiger partial charge in [0, 0.05) is 32.5 Å². The Labute approximate surface area is 140 Å². The Morgan fingerprint density at radius 3 is 2.91 bits per heavy atom. The van der Waals surface area contributed by atoms with E-state index in [2.05, 4.69) is 24.0 Å². The van der Waals surface area contributed by atoms with Crippen LogP contribution in [0, 0.1) is 5.92 Å². The van der Waals surface area contributed by atoms with Gasteiger partial charge in [-0.25, -0.2) is 0 Å². The van der Waals surface area contributed by atoms with E-state index in [-0.39, 0.29) is 11.9 Å². The van der Waals surface area contributed by atoms with Gasteiger partial charge in [0.15, 0.2) is 0 Å². The number of carbonyl (C=O) groups is 1. The molecule has 1 atom stereocenters. The largest absolute Gasteiger partial charge is 0.346 e. The van der Waals surface area contributed by atoms with Crippen molar-refractivity contribution in [2.45, 2.75) is 39.2 Å². The Morgan fingerprint density at radius 2 is 2.26 bits per heavy atom. The quantitative estimate of drug-likeness (QED) is 0.801. The number of nitrogens with zero attached hydrogens (tertiary/aromatic N) is 3. The first-order valence-electron chi connectivity index (χ1n) is 7.83. The molecule has 2 heterocycles. The minimum absolute atomic E-state index is 0.0665. The molecule has 2 N–H and O–H groups in total. The minimum atomic E-state index is 0.0665. The molecule has 0 saturated carbocycles. The van der Waals surface area contributed by atoms with Crippen molar-refractivity contribution < 1.29 is 9.32 Å². The van der Waals surface area contributed by atoms with Crippen LogP contribution in [0.25, 0.3) is 10.7 Å². The number of rotatable bonds is 8. The molecule has 0 aliphatic heterocycles. The van der Waals surface area contributed by atoms with Gasteiger partial charge in [0.2, 0.25) is 17.6 Å². The molecule has 126 valence electrons. The predicted molar refractivity (Wildman–Crippen MR) is 91.0 cm³/mol. The molecule has 23 heavy (non-hydrogen) atoms. The van der Waals surface area contributed by atoms with E-state index in [0.29, 0.717) is 37.0 Å². The maximum absolute atomic E-state index is 12.1. The first-order valence-corrected chi connectivity index (χ1v) is 8.71. The van der Waals surface area contributed by atoms with Crippen LogP contribution in [0.2, 0.25) is 0 Å². The normalized spacial score (nSPS) is 12.6. The molecular weight excluding hydrogens is 312 g/mol. The molecule has 1 amide bonds. The second-order valence-electron chi connectivity index (χ2n) is 6.00. The molecular formula is C16H24N4O2S. The van der Waals surface area contributed by atoms with Crippen molar-refractivity contribution in [3.05, 3.63) is 23.4 Å². The van der Waals surface area contributed by atoms with Crippen molar-refractivity contribution in [3.63, 3.8) is 0 Å². The summed E-state index contributed by atoms with van der Waals surface area (Å²) >= 11 is 1.56. The van der Waals surface area contributed by atoms with E-state index < -0.39 is 0 Å². The highest BCUT2D eigenvalue weighted by molar-refractivity contribution is 7.13. The van der Waals surface area contributed by atoms with E-state index >= 15 is 0 Å². The van der Waals surface area contributed by atoms with Crippen molar-refractivity contribution in [1.29, 1.82) is 0 Å². The summed E-state index contributed by atoms with van der Waals surface area (Å²) in [6.45, 7) is 4.85. The summed E-state index contributed by atoms with van der Waals surface area (Å²) in [5.74, 6) is 1.57.